The molecule has 0 spiro atoms. The van der Waals surface area contributed by atoms with Crippen LogP contribution in [0.25, 0.3) is 0 Å². The molecule has 2 heterocycles. The molecule has 22 heteroatoms. The average Bonchev–Trinajstić information content (AvgIpc) is 3.57. The fourth-order valence-electron chi connectivity index (χ4n) is 7.36. The van der Waals surface area contributed by atoms with Gasteiger partial charge in [-0.2, -0.15) is 0 Å². The monoisotopic (exact) mass is 901 g/mol. The largest absolute Gasteiger partial charge is 1.00 e. The van der Waals surface area contributed by atoms with Gasteiger partial charge in [0, 0.05) is 13.0 Å². The van der Waals surface area contributed by atoms with Crippen LogP contribution in [0.1, 0.15) is 174 Å². The quantitative estimate of drug-likeness (QED) is 0.0960. The summed E-state index contributed by atoms with van der Waals surface area (Å²) in [7, 11) is -16.6. The van der Waals surface area contributed by atoms with E-state index in [0.29, 0.717) is 51.5 Å². The van der Waals surface area contributed by atoms with Gasteiger partial charge in [0.2, 0.25) is 37.1 Å². The summed E-state index contributed by atoms with van der Waals surface area (Å²) >= 11 is 0. The molecule has 0 aromatic heterocycles. The van der Waals surface area contributed by atoms with Crippen LogP contribution in [0.3, 0.4) is 0 Å². The van der Waals surface area contributed by atoms with Crippen molar-refractivity contribution in [2.45, 2.75) is 204 Å². The van der Waals surface area contributed by atoms with Gasteiger partial charge in [-0.05, 0) is 51.4 Å². The van der Waals surface area contributed by atoms with Gasteiger partial charge in [-0.1, -0.05) is 116 Å². The van der Waals surface area contributed by atoms with E-state index >= 15 is 0 Å². The molecule has 0 saturated carbocycles. The molecule has 57 heavy (non-hydrogen) atoms. The number of rotatable bonds is 9. The maximum absolute atomic E-state index is 13.3. The zero-order valence-electron chi connectivity index (χ0n) is 34.8. The van der Waals surface area contributed by atoms with E-state index in [1.807, 2.05) is 0 Å². The zero-order chi connectivity index (χ0) is 40.0. The van der Waals surface area contributed by atoms with Crippen LogP contribution in [-0.4, -0.2) is 92.7 Å². The van der Waals surface area contributed by atoms with Crippen molar-refractivity contribution in [2.24, 2.45) is 0 Å². The Hall–Kier alpha value is 1.55. The molecule has 2 aliphatic heterocycles. The van der Waals surface area contributed by atoms with Crippen molar-refractivity contribution in [3.8, 4) is 0 Å². The molecule has 2 rings (SSSR count). The summed E-state index contributed by atoms with van der Waals surface area (Å²) in [6, 6.07) is -0.523. The second-order valence-electron chi connectivity index (χ2n) is 14.6. The number of unbranched alkanes of at least 4 members (excludes halogenated alkanes) is 1. The second-order valence-corrected chi connectivity index (χ2v) is 17.7. The third kappa shape index (κ3) is 29.5. The number of ether oxygens (including phenoxy) is 1. The first-order chi connectivity index (χ1) is 25.5. The van der Waals surface area contributed by atoms with Crippen molar-refractivity contribution in [3.63, 3.8) is 0 Å². The van der Waals surface area contributed by atoms with Gasteiger partial charge in [-0.3, -0.25) is 17.3 Å². The second kappa shape index (κ2) is 33.1. The Labute approximate surface area is 408 Å². The van der Waals surface area contributed by atoms with Crippen molar-refractivity contribution in [1.82, 2.24) is 4.90 Å². The van der Waals surface area contributed by atoms with Crippen LogP contribution in [0, 0.1) is 0 Å². The third-order valence-corrected chi connectivity index (χ3v) is 11.5. The van der Waals surface area contributed by atoms with E-state index in [4.69, 9.17) is 4.74 Å². The molecular formula is C35H62NNa3O15S3. The van der Waals surface area contributed by atoms with Crippen molar-refractivity contribution in [2.75, 3.05) is 6.54 Å². The van der Waals surface area contributed by atoms with Crippen LogP contribution in [0.2, 0.25) is 0 Å². The Bertz CT molecular complexity index is 1430. The Kier molecular flexibility index (Phi) is 35.2. The van der Waals surface area contributed by atoms with Gasteiger partial charge in [-0.15, -0.1) is 0 Å². The number of fused-ring (bicyclic) bond motifs is 1. The maximum Gasteiger partial charge on any atom is 1.00 e. The number of carbonyl (C=O) groups is 2. The van der Waals surface area contributed by atoms with Crippen LogP contribution in [0.4, 0.5) is 0 Å². The fourth-order valence-corrected chi connectivity index (χ4v) is 8.90. The molecule has 16 nitrogen and oxygen atoms in total. The van der Waals surface area contributed by atoms with Gasteiger partial charge in [-0.25, -0.2) is 30.0 Å². The minimum atomic E-state index is -5.60. The van der Waals surface area contributed by atoms with Gasteiger partial charge < -0.3 is 23.3 Å². The van der Waals surface area contributed by atoms with Gasteiger partial charge in [0.05, 0.1) is 0 Å². The van der Waals surface area contributed by atoms with Gasteiger partial charge in [0.25, 0.3) is 0 Å². The standard InChI is InChI=1S/C35H65NO15S3.3Na/c1-2-3-22-29-23-17-13-9-8-11-15-19-26-32(50-53(42,43)44)34(51-54(45,46)47)31(49-52(39,40)41)25-18-14-10-6-4-5-7-12-16-20-27-33(37)36-28-21-24-30(36)35(38)48-29;;;/h29-32,34H,2-28H2,1H3,(H,39,40,41)(H,42,43,44)(H,45,46,47);;;/q;3*+1/p-3/t29-,30-,31-,32-,34?;;;/m0.../s1. The third-order valence-electron chi connectivity index (χ3n) is 10.1. The summed E-state index contributed by atoms with van der Waals surface area (Å²) in [5.74, 6) is -0.313. The van der Waals surface area contributed by atoms with E-state index in [9.17, 15) is 48.5 Å². The molecule has 0 aromatic rings. The molecule has 2 aliphatic rings. The number of hydrogen-bond acceptors (Lipinski definition) is 15. The molecule has 0 N–H and O–H groups in total. The number of amides is 1. The smallest absolute Gasteiger partial charge is 0.726 e. The molecule has 5 atom stereocenters. The molecule has 318 valence electrons. The number of esters is 1. The minimum absolute atomic E-state index is 0. The van der Waals surface area contributed by atoms with Crippen LogP contribution >= 0.6 is 0 Å². The molecule has 1 unspecified atom stereocenters. The molecule has 0 radical (unpaired) electrons. The summed E-state index contributed by atoms with van der Waals surface area (Å²) in [6.07, 6.45) is 10.5. The number of carbonyl (C=O) groups excluding carboxylic acids is 2. The van der Waals surface area contributed by atoms with E-state index in [0.717, 1.165) is 96.3 Å². The molecule has 1 amide bonds. The molecule has 2 fully saturated rings. The Morgan fingerprint density at radius 2 is 0.982 bits per heavy atom. The normalized spacial score (nSPS) is 26.0. The minimum Gasteiger partial charge on any atom is -0.726 e. The fraction of sp³-hybridized carbons (Fsp3) is 0.943. The zero-order valence-corrected chi connectivity index (χ0v) is 43.2. The summed E-state index contributed by atoms with van der Waals surface area (Å²) < 4.78 is 124. The summed E-state index contributed by atoms with van der Waals surface area (Å²) in [5, 5.41) is 0. The molecule has 0 bridgehead atoms. The van der Waals surface area contributed by atoms with E-state index in [-0.39, 0.29) is 132 Å². The van der Waals surface area contributed by atoms with Crippen LogP contribution in [0.5, 0.6) is 0 Å². The van der Waals surface area contributed by atoms with Gasteiger partial charge in [0.15, 0.2) is 0 Å². The Morgan fingerprint density at radius 1 is 0.579 bits per heavy atom. The van der Waals surface area contributed by atoms with Crippen molar-refractivity contribution < 1.29 is 154 Å². The first kappa shape index (κ1) is 60.6. The van der Waals surface area contributed by atoms with Crippen molar-refractivity contribution in [3.05, 3.63) is 0 Å². The van der Waals surface area contributed by atoms with Crippen molar-refractivity contribution >= 4 is 43.1 Å². The van der Waals surface area contributed by atoms with E-state index in [1.165, 1.54) is 0 Å². The molecular weight excluding hydrogens is 840 g/mol. The summed E-state index contributed by atoms with van der Waals surface area (Å²) in [4.78, 5) is 28.0. The van der Waals surface area contributed by atoms with Crippen molar-refractivity contribution in [1.29, 1.82) is 0 Å². The summed E-state index contributed by atoms with van der Waals surface area (Å²) in [6.45, 7) is 2.65. The van der Waals surface area contributed by atoms with Crippen LogP contribution < -0.4 is 88.7 Å². The Morgan fingerprint density at radius 3 is 1.40 bits per heavy atom. The topological polar surface area (TPSA) is 246 Å². The molecule has 2 saturated heterocycles. The predicted molar refractivity (Wildman–Crippen MR) is 195 cm³/mol. The summed E-state index contributed by atoms with van der Waals surface area (Å²) in [5.41, 5.74) is 0. The number of nitrogens with zero attached hydrogens (tertiary/aromatic N) is 1. The van der Waals surface area contributed by atoms with E-state index in [1.54, 1.807) is 4.90 Å². The van der Waals surface area contributed by atoms with E-state index < -0.39 is 55.6 Å². The maximum atomic E-state index is 13.3. The van der Waals surface area contributed by atoms with Crippen LogP contribution in [-0.2, 0) is 58.1 Å². The molecule has 0 aromatic carbocycles. The van der Waals surface area contributed by atoms with Gasteiger partial charge in [0.1, 0.15) is 30.5 Å². The average molecular weight is 902 g/mol. The van der Waals surface area contributed by atoms with Crippen LogP contribution in [0.15, 0.2) is 0 Å². The SMILES string of the molecule is CCCC[C@H]1CCCCCCCCC[C@H](OS(=O)(=O)[O-])C(OS(=O)(=O)[O-])[C@@H](OS(=O)(=O)[O-])CCCCCCCCCCCCC(=O)N2CCC[C@H]2C(=O)O1.[Na+].[Na+].[Na+]. The predicted octanol–water partition coefficient (Wildman–Crippen LogP) is -3.17. The Balaban J connectivity index is 0. The number of cyclic esters (lactones) is 1. The first-order valence-corrected chi connectivity index (χ1v) is 23.9. The number of hydrogen-bond donors (Lipinski definition) is 0. The van der Waals surface area contributed by atoms with E-state index in [2.05, 4.69) is 19.5 Å². The first-order valence-electron chi connectivity index (χ1n) is 19.9. The molecule has 0 aliphatic carbocycles. The van der Waals surface area contributed by atoms with Gasteiger partial charge >= 0.3 is 94.6 Å².